The Bertz CT molecular complexity index is 859. The van der Waals surface area contributed by atoms with Gasteiger partial charge < -0.3 is 24.4 Å². The molecule has 154 valence electrons. The van der Waals surface area contributed by atoms with Crippen LogP contribution in [-0.2, 0) is 20.9 Å². The van der Waals surface area contributed by atoms with E-state index < -0.39 is 12.1 Å². The molecule has 3 rings (SSSR count). The molecule has 0 saturated carbocycles. The second-order valence-corrected chi connectivity index (χ2v) is 6.60. The Hall–Kier alpha value is -3.13. The number of amides is 2. The standard InChI is InChI=1S/C21H25N3O5/c1-4-24(12-14-6-5-9-22-11-14)21(26)20-19(23-18(25)13-29-20)15-7-8-16(27-2)17(10-15)28-3/h5-11,19-20H,4,12-13H2,1-3H3,(H,23,25)/t19-,20+/m1/s1. The average molecular weight is 399 g/mol. The van der Waals surface area contributed by atoms with Crippen LogP contribution in [-0.4, -0.2) is 55.2 Å². The van der Waals surface area contributed by atoms with E-state index in [1.807, 2.05) is 19.1 Å². The number of aromatic nitrogens is 1. The Labute approximate surface area is 169 Å². The minimum absolute atomic E-state index is 0.162. The van der Waals surface area contributed by atoms with Gasteiger partial charge in [0, 0.05) is 25.5 Å². The van der Waals surface area contributed by atoms with E-state index in [1.54, 1.807) is 42.6 Å². The molecule has 8 nitrogen and oxygen atoms in total. The lowest BCUT2D eigenvalue weighted by atomic mass is 9.98. The molecule has 1 fully saturated rings. The summed E-state index contributed by atoms with van der Waals surface area (Å²) >= 11 is 0. The first-order valence-corrected chi connectivity index (χ1v) is 9.38. The molecule has 2 amide bonds. The van der Waals surface area contributed by atoms with E-state index in [1.165, 1.54) is 7.11 Å². The number of methoxy groups -OCH3 is 2. The molecule has 1 aromatic carbocycles. The van der Waals surface area contributed by atoms with Crippen LogP contribution >= 0.6 is 0 Å². The topological polar surface area (TPSA) is 90.0 Å². The molecule has 2 aromatic rings. The second-order valence-electron chi connectivity index (χ2n) is 6.60. The molecule has 1 N–H and O–H groups in total. The van der Waals surface area contributed by atoms with Crippen molar-refractivity contribution in [2.45, 2.75) is 25.6 Å². The predicted octanol–water partition coefficient (Wildman–Crippen LogP) is 1.70. The first kappa shape index (κ1) is 20.6. The number of hydrogen-bond donors (Lipinski definition) is 1. The Kier molecular flexibility index (Phi) is 6.66. The third-order valence-corrected chi connectivity index (χ3v) is 4.81. The number of likely N-dealkylation sites (N-methyl/N-ethyl adjacent to an activating group) is 1. The zero-order chi connectivity index (χ0) is 20.8. The fraction of sp³-hybridized carbons (Fsp3) is 0.381. The van der Waals surface area contributed by atoms with Gasteiger partial charge in [0.2, 0.25) is 5.91 Å². The molecule has 2 atom stereocenters. The first-order chi connectivity index (χ1) is 14.1. The Morgan fingerprint density at radius 3 is 2.72 bits per heavy atom. The summed E-state index contributed by atoms with van der Waals surface area (Å²) < 4.78 is 16.3. The lowest BCUT2D eigenvalue weighted by molar-refractivity contribution is -0.155. The number of benzene rings is 1. The van der Waals surface area contributed by atoms with E-state index in [-0.39, 0.29) is 18.4 Å². The highest BCUT2D eigenvalue weighted by Crippen LogP contribution is 2.33. The number of hydrogen-bond acceptors (Lipinski definition) is 6. The molecule has 8 heteroatoms. The molecule has 1 aromatic heterocycles. The highest BCUT2D eigenvalue weighted by Gasteiger charge is 2.38. The number of morpholine rings is 1. The van der Waals surface area contributed by atoms with E-state index in [9.17, 15) is 9.59 Å². The summed E-state index contributed by atoms with van der Waals surface area (Å²) in [6, 6.07) is 8.39. The molecule has 2 heterocycles. The number of nitrogens with zero attached hydrogens (tertiary/aromatic N) is 2. The number of carbonyl (C=O) groups is 2. The quantitative estimate of drug-likeness (QED) is 0.762. The van der Waals surface area contributed by atoms with Crippen LogP contribution in [0.2, 0.25) is 0 Å². The summed E-state index contributed by atoms with van der Waals surface area (Å²) in [5.41, 5.74) is 1.62. The van der Waals surface area contributed by atoms with E-state index in [0.717, 1.165) is 5.56 Å². The zero-order valence-electron chi connectivity index (χ0n) is 16.8. The molecule has 1 saturated heterocycles. The first-order valence-electron chi connectivity index (χ1n) is 9.38. The van der Waals surface area contributed by atoms with Crippen molar-refractivity contribution in [3.8, 4) is 11.5 Å². The normalized spacial score (nSPS) is 18.7. The predicted molar refractivity (Wildman–Crippen MR) is 105 cm³/mol. The van der Waals surface area contributed by atoms with Gasteiger partial charge in [-0.2, -0.15) is 0 Å². The summed E-state index contributed by atoms with van der Waals surface area (Å²) in [5.74, 6) is 0.605. The van der Waals surface area contributed by atoms with Crippen molar-refractivity contribution in [3.63, 3.8) is 0 Å². The minimum Gasteiger partial charge on any atom is -0.493 e. The van der Waals surface area contributed by atoms with Gasteiger partial charge in [-0.1, -0.05) is 12.1 Å². The van der Waals surface area contributed by atoms with Crippen molar-refractivity contribution in [2.75, 3.05) is 27.4 Å². The Morgan fingerprint density at radius 2 is 2.07 bits per heavy atom. The van der Waals surface area contributed by atoms with Crippen molar-refractivity contribution >= 4 is 11.8 Å². The van der Waals surface area contributed by atoms with E-state index >= 15 is 0 Å². The molecule has 1 aliphatic rings. The van der Waals surface area contributed by atoms with E-state index in [2.05, 4.69) is 10.3 Å². The maximum atomic E-state index is 13.3. The van der Waals surface area contributed by atoms with E-state index in [0.29, 0.717) is 30.2 Å². The van der Waals surface area contributed by atoms with Crippen LogP contribution in [0.1, 0.15) is 24.1 Å². The maximum absolute atomic E-state index is 13.3. The number of nitrogens with one attached hydrogen (secondary N) is 1. The van der Waals surface area contributed by atoms with Crippen LogP contribution in [0.15, 0.2) is 42.7 Å². The van der Waals surface area contributed by atoms with Gasteiger partial charge in [0.15, 0.2) is 17.6 Å². The van der Waals surface area contributed by atoms with Crippen LogP contribution in [0.5, 0.6) is 11.5 Å². The van der Waals surface area contributed by atoms with Crippen LogP contribution in [0, 0.1) is 0 Å². The molecule has 1 aliphatic heterocycles. The van der Waals surface area contributed by atoms with Crippen molar-refractivity contribution in [1.82, 2.24) is 15.2 Å². The summed E-state index contributed by atoms with van der Waals surface area (Å²) in [4.78, 5) is 31.1. The highest BCUT2D eigenvalue weighted by molar-refractivity contribution is 5.86. The van der Waals surface area contributed by atoms with Crippen LogP contribution in [0.4, 0.5) is 0 Å². The zero-order valence-corrected chi connectivity index (χ0v) is 16.8. The van der Waals surface area contributed by atoms with Gasteiger partial charge in [-0.3, -0.25) is 14.6 Å². The lowest BCUT2D eigenvalue weighted by Gasteiger charge is -2.35. The molecular weight excluding hydrogens is 374 g/mol. The molecule has 0 unspecified atom stereocenters. The number of pyridine rings is 1. The average Bonchev–Trinajstić information content (AvgIpc) is 2.77. The van der Waals surface area contributed by atoms with Gasteiger partial charge >= 0.3 is 0 Å². The fourth-order valence-corrected chi connectivity index (χ4v) is 3.31. The molecule has 0 spiro atoms. The molecule has 0 radical (unpaired) electrons. The molecular formula is C21H25N3O5. The van der Waals surface area contributed by atoms with Crippen LogP contribution in [0.3, 0.4) is 0 Å². The summed E-state index contributed by atoms with van der Waals surface area (Å²) in [6.07, 6.45) is 2.57. The highest BCUT2D eigenvalue weighted by atomic mass is 16.5. The van der Waals surface area contributed by atoms with Crippen molar-refractivity contribution in [2.24, 2.45) is 0 Å². The van der Waals surface area contributed by atoms with Crippen molar-refractivity contribution in [3.05, 3.63) is 53.9 Å². The maximum Gasteiger partial charge on any atom is 0.254 e. The van der Waals surface area contributed by atoms with Crippen LogP contribution < -0.4 is 14.8 Å². The SMILES string of the molecule is CCN(Cc1cccnc1)C(=O)[C@H]1OCC(=O)N[C@@H]1c1ccc(OC)c(OC)c1. The largest absolute Gasteiger partial charge is 0.493 e. The van der Waals surface area contributed by atoms with Gasteiger partial charge in [-0.15, -0.1) is 0 Å². The van der Waals surface area contributed by atoms with Crippen molar-refractivity contribution in [1.29, 1.82) is 0 Å². The number of rotatable bonds is 7. The third-order valence-electron chi connectivity index (χ3n) is 4.81. The van der Waals surface area contributed by atoms with Gasteiger partial charge in [0.1, 0.15) is 6.61 Å². The van der Waals surface area contributed by atoms with Crippen molar-refractivity contribution < 1.29 is 23.8 Å². The summed E-state index contributed by atoms with van der Waals surface area (Å²) in [6.45, 7) is 2.65. The number of ether oxygens (including phenoxy) is 3. The second kappa shape index (κ2) is 9.38. The Morgan fingerprint density at radius 1 is 1.28 bits per heavy atom. The molecule has 29 heavy (non-hydrogen) atoms. The molecule has 0 aliphatic carbocycles. The smallest absolute Gasteiger partial charge is 0.254 e. The van der Waals surface area contributed by atoms with E-state index in [4.69, 9.17) is 14.2 Å². The monoisotopic (exact) mass is 399 g/mol. The third kappa shape index (κ3) is 4.65. The minimum atomic E-state index is -0.845. The Balaban J connectivity index is 1.87. The molecule has 0 bridgehead atoms. The number of carbonyl (C=O) groups excluding carboxylic acids is 2. The van der Waals surface area contributed by atoms with Crippen LogP contribution in [0.25, 0.3) is 0 Å². The van der Waals surface area contributed by atoms with Gasteiger partial charge in [0.05, 0.1) is 20.3 Å². The van der Waals surface area contributed by atoms with Gasteiger partial charge in [0.25, 0.3) is 5.91 Å². The summed E-state index contributed by atoms with van der Waals surface area (Å²) in [7, 11) is 3.08. The van der Waals surface area contributed by atoms with Gasteiger partial charge in [-0.25, -0.2) is 0 Å². The lowest BCUT2D eigenvalue weighted by Crippen LogP contribution is -2.53. The fourth-order valence-electron chi connectivity index (χ4n) is 3.31. The van der Waals surface area contributed by atoms with Gasteiger partial charge in [-0.05, 0) is 36.2 Å². The summed E-state index contributed by atoms with van der Waals surface area (Å²) in [5, 5.41) is 2.88.